The Morgan fingerprint density at radius 3 is 2.41 bits per heavy atom. The number of carbonyl (C=O) groups excluding carboxylic acids is 2. The standard InChI is InChI=1S/C21H22F2N2O4/c1-12-5-4-6-13(2)18(12)29-11-15(26)10-25-19(27)21(3,24-20(25)28)14-7-8-16(22)17(23)9-14/h4-9,15,26H,10-11H2,1-3H3,(H,24,28)/t15-,21+/m0/s1. The van der Waals surface area contributed by atoms with Crippen LogP contribution in [0.1, 0.15) is 23.6 Å². The Hall–Kier alpha value is -3.00. The van der Waals surface area contributed by atoms with E-state index >= 15 is 0 Å². The van der Waals surface area contributed by atoms with E-state index in [-0.39, 0.29) is 18.7 Å². The van der Waals surface area contributed by atoms with Crippen LogP contribution in [0.15, 0.2) is 36.4 Å². The first-order valence-electron chi connectivity index (χ1n) is 9.10. The van der Waals surface area contributed by atoms with Gasteiger partial charge in [0, 0.05) is 0 Å². The van der Waals surface area contributed by atoms with Gasteiger partial charge in [0.05, 0.1) is 6.54 Å². The minimum atomic E-state index is -1.56. The predicted molar refractivity (Wildman–Crippen MR) is 101 cm³/mol. The second-order valence-electron chi connectivity index (χ2n) is 7.29. The van der Waals surface area contributed by atoms with Gasteiger partial charge < -0.3 is 15.2 Å². The fourth-order valence-corrected chi connectivity index (χ4v) is 3.34. The molecule has 2 aromatic rings. The third-order valence-corrected chi connectivity index (χ3v) is 4.99. The summed E-state index contributed by atoms with van der Waals surface area (Å²) >= 11 is 0. The highest BCUT2D eigenvalue weighted by atomic mass is 19.2. The molecule has 2 N–H and O–H groups in total. The number of hydrogen-bond acceptors (Lipinski definition) is 4. The maximum Gasteiger partial charge on any atom is 0.325 e. The maximum absolute atomic E-state index is 13.6. The highest BCUT2D eigenvalue weighted by Gasteiger charge is 2.49. The van der Waals surface area contributed by atoms with Gasteiger partial charge in [-0.2, -0.15) is 0 Å². The molecule has 1 saturated heterocycles. The zero-order valence-electron chi connectivity index (χ0n) is 16.3. The van der Waals surface area contributed by atoms with Crippen LogP contribution >= 0.6 is 0 Å². The molecule has 29 heavy (non-hydrogen) atoms. The number of ether oxygens (including phenoxy) is 1. The number of nitrogens with zero attached hydrogens (tertiary/aromatic N) is 1. The first kappa shape index (κ1) is 20.7. The van der Waals surface area contributed by atoms with Gasteiger partial charge in [0.1, 0.15) is 24.0 Å². The number of amides is 3. The summed E-state index contributed by atoms with van der Waals surface area (Å²) in [5.74, 6) is -2.20. The molecule has 3 rings (SSSR count). The van der Waals surface area contributed by atoms with E-state index in [1.165, 1.54) is 13.0 Å². The Kier molecular flexibility index (Phi) is 5.57. The summed E-state index contributed by atoms with van der Waals surface area (Å²) in [7, 11) is 0. The average molecular weight is 404 g/mol. The van der Waals surface area contributed by atoms with Crippen molar-refractivity contribution < 1.29 is 28.2 Å². The van der Waals surface area contributed by atoms with Crippen molar-refractivity contribution in [2.24, 2.45) is 0 Å². The summed E-state index contributed by atoms with van der Waals surface area (Å²) < 4.78 is 32.5. The zero-order valence-corrected chi connectivity index (χ0v) is 16.3. The number of carbonyl (C=O) groups is 2. The molecular weight excluding hydrogens is 382 g/mol. The minimum Gasteiger partial charge on any atom is -0.490 e. The molecule has 0 saturated carbocycles. The molecule has 3 amide bonds. The topological polar surface area (TPSA) is 78.9 Å². The number of para-hydroxylation sites is 1. The second kappa shape index (κ2) is 7.79. The number of aryl methyl sites for hydroxylation is 2. The van der Waals surface area contributed by atoms with Crippen LogP contribution in [-0.2, 0) is 10.3 Å². The van der Waals surface area contributed by atoms with Crippen molar-refractivity contribution in [2.45, 2.75) is 32.4 Å². The van der Waals surface area contributed by atoms with E-state index in [0.29, 0.717) is 5.75 Å². The minimum absolute atomic E-state index is 0.110. The molecule has 1 heterocycles. The summed E-state index contributed by atoms with van der Waals surface area (Å²) in [6.45, 7) is 4.73. The fraction of sp³-hybridized carbons (Fsp3) is 0.333. The molecule has 2 atom stereocenters. The van der Waals surface area contributed by atoms with Gasteiger partial charge in [-0.25, -0.2) is 13.6 Å². The summed E-state index contributed by atoms with van der Waals surface area (Å²) in [5.41, 5.74) is 0.355. The van der Waals surface area contributed by atoms with Crippen LogP contribution in [0.3, 0.4) is 0 Å². The quantitative estimate of drug-likeness (QED) is 0.726. The number of halogens is 2. The van der Waals surface area contributed by atoms with Gasteiger partial charge in [-0.05, 0) is 49.6 Å². The molecule has 0 aliphatic carbocycles. The molecular formula is C21H22F2N2O4. The lowest BCUT2D eigenvalue weighted by atomic mass is 9.92. The normalized spacial score (nSPS) is 20.0. The number of hydrogen-bond donors (Lipinski definition) is 2. The predicted octanol–water partition coefficient (Wildman–Crippen LogP) is 2.79. The molecule has 1 aliphatic heterocycles. The van der Waals surface area contributed by atoms with E-state index in [1.54, 1.807) is 0 Å². The van der Waals surface area contributed by atoms with Gasteiger partial charge in [0.15, 0.2) is 11.6 Å². The van der Waals surface area contributed by atoms with Crippen molar-refractivity contribution in [2.75, 3.05) is 13.2 Å². The fourth-order valence-electron chi connectivity index (χ4n) is 3.34. The number of aliphatic hydroxyl groups is 1. The number of benzene rings is 2. The summed E-state index contributed by atoms with van der Waals surface area (Å²) in [4.78, 5) is 26.0. The summed E-state index contributed by atoms with van der Waals surface area (Å²) in [6.07, 6.45) is -1.13. The van der Waals surface area contributed by atoms with Crippen LogP contribution in [0.2, 0.25) is 0 Å². The van der Waals surface area contributed by atoms with Gasteiger partial charge in [-0.3, -0.25) is 9.69 Å². The van der Waals surface area contributed by atoms with E-state index in [0.717, 1.165) is 28.2 Å². The van der Waals surface area contributed by atoms with E-state index in [4.69, 9.17) is 4.74 Å². The number of β-amino-alcohol motifs (C(OH)–C–C–N with tert-alkyl or cyclic N) is 1. The van der Waals surface area contributed by atoms with Gasteiger partial charge in [0.25, 0.3) is 5.91 Å². The molecule has 0 unspecified atom stereocenters. The Bertz CT molecular complexity index is 945. The van der Waals surface area contributed by atoms with E-state index < -0.39 is 35.2 Å². The van der Waals surface area contributed by atoms with Crippen LogP contribution in [0, 0.1) is 25.5 Å². The Morgan fingerprint density at radius 1 is 1.14 bits per heavy atom. The first-order valence-corrected chi connectivity index (χ1v) is 9.10. The summed E-state index contributed by atoms with van der Waals surface area (Å²) in [6, 6.07) is 7.91. The molecule has 1 aliphatic rings. The van der Waals surface area contributed by atoms with Crippen molar-refractivity contribution in [1.82, 2.24) is 10.2 Å². The molecule has 0 spiro atoms. The van der Waals surface area contributed by atoms with Crippen LogP contribution < -0.4 is 10.1 Å². The summed E-state index contributed by atoms with van der Waals surface area (Å²) in [5, 5.41) is 12.8. The Labute approximate surface area is 167 Å². The highest BCUT2D eigenvalue weighted by Crippen LogP contribution is 2.30. The van der Waals surface area contributed by atoms with E-state index in [1.807, 2.05) is 32.0 Å². The molecule has 154 valence electrons. The van der Waals surface area contributed by atoms with Crippen LogP contribution in [-0.4, -0.2) is 41.2 Å². The van der Waals surface area contributed by atoms with Crippen LogP contribution in [0.25, 0.3) is 0 Å². The van der Waals surface area contributed by atoms with Crippen molar-refractivity contribution in [3.8, 4) is 5.75 Å². The number of aliphatic hydroxyl groups excluding tert-OH is 1. The lowest BCUT2D eigenvalue weighted by molar-refractivity contribution is -0.132. The molecule has 6 nitrogen and oxygen atoms in total. The Morgan fingerprint density at radius 2 is 1.79 bits per heavy atom. The lowest BCUT2D eigenvalue weighted by Gasteiger charge is -2.23. The molecule has 0 aromatic heterocycles. The molecule has 2 aromatic carbocycles. The van der Waals surface area contributed by atoms with Gasteiger partial charge in [-0.1, -0.05) is 24.3 Å². The number of urea groups is 1. The largest absolute Gasteiger partial charge is 0.490 e. The SMILES string of the molecule is Cc1cccc(C)c1OC[C@@H](O)CN1C(=O)N[C@](C)(c2ccc(F)c(F)c2)C1=O. The second-order valence-corrected chi connectivity index (χ2v) is 7.29. The zero-order chi connectivity index (χ0) is 21.3. The van der Waals surface area contributed by atoms with Crippen molar-refractivity contribution in [1.29, 1.82) is 0 Å². The van der Waals surface area contributed by atoms with Crippen molar-refractivity contribution in [3.05, 3.63) is 64.7 Å². The maximum atomic E-state index is 13.6. The number of rotatable bonds is 6. The van der Waals surface area contributed by atoms with Crippen LogP contribution in [0.4, 0.5) is 13.6 Å². The smallest absolute Gasteiger partial charge is 0.325 e. The van der Waals surface area contributed by atoms with E-state index in [2.05, 4.69) is 5.32 Å². The van der Waals surface area contributed by atoms with Gasteiger partial charge in [0.2, 0.25) is 0 Å². The lowest BCUT2D eigenvalue weighted by Crippen LogP contribution is -2.43. The highest BCUT2D eigenvalue weighted by molar-refractivity contribution is 6.07. The van der Waals surface area contributed by atoms with E-state index in [9.17, 15) is 23.5 Å². The van der Waals surface area contributed by atoms with Gasteiger partial charge in [-0.15, -0.1) is 0 Å². The van der Waals surface area contributed by atoms with Gasteiger partial charge >= 0.3 is 6.03 Å². The monoisotopic (exact) mass is 404 g/mol. The average Bonchev–Trinajstić information content (AvgIpc) is 2.87. The Balaban J connectivity index is 1.70. The van der Waals surface area contributed by atoms with Crippen molar-refractivity contribution in [3.63, 3.8) is 0 Å². The third kappa shape index (κ3) is 3.93. The first-order chi connectivity index (χ1) is 13.6. The number of imide groups is 1. The third-order valence-electron chi connectivity index (χ3n) is 4.99. The van der Waals surface area contributed by atoms with Crippen molar-refractivity contribution >= 4 is 11.9 Å². The molecule has 0 radical (unpaired) electrons. The van der Waals surface area contributed by atoms with Crippen LogP contribution in [0.5, 0.6) is 5.75 Å². The molecule has 1 fully saturated rings. The molecule has 8 heteroatoms. The number of nitrogens with one attached hydrogen (secondary N) is 1. The molecule has 0 bridgehead atoms.